The smallest absolute Gasteiger partial charge is 0.416 e. The van der Waals surface area contributed by atoms with Crippen LogP contribution in [0.2, 0.25) is 0 Å². The molecule has 0 bridgehead atoms. The molecule has 2 aromatic rings. The molecule has 0 amide bonds. The average Bonchev–Trinajstić information content (AvgIpc) is 3.47. The van der Waals surface area contributed by atoms with Crippen LogP contribution in [0.5, 0.6) is 5.75 Å². The Morgan fingerprint density at radius 1 is 1.07 bits per heavy atom. The van der Waals surface area contributed by atoms with Crippen LogP contribution < -0.4 is 4.90 Å². The number of phenols is 1. The molecule has 0 radical (unpaired) electrons. The first kappa shape index (κ1) is 19.5. The van der Waals surface area contributed by atoms with Crippen LogP contribution in [0.15, 0.2) is 18.2 Å². The van der Waals surface area contributed by atoms with E-state index >= 15 is 0 Å². The molecule has 2 aliphatic heterocycles. The normalized spacial score (nSPS) is 24.9. The minimum Gasteiger partial charge on any atom is -0.507 e. The zero-order valence-corrected chi connectivity index (χ0v) is 16.7. The number of nitrogens with zero attached hydrogens (tertiary/aromatic N) is 5. The highest BCUT2D eigenvalue weighted by Crippen LogP contribution is 2.45. The molecule has 2 atom stereocenters. The number of rotatable bonds is 3. The molecule has 6 nitrogen and oxygen atoms in total. The van der Waals surface area contributed by atoms with Crippen LogP contribution in [-0.2, 0) is 6.18 Å². The van der Waals surface area contributed by atoms with Crippen LogP contribution in [0.3, 0.4) is 0 Å². The van der Waals surface area contributed by atoms with Crippen molar-refractivity contribution in [1.82, 2.24) is 20.1 Å². The van der Waals surface area contributed by atoms with Crippen molar-refractivity contribution < 1.29 is 18.3 Å². The van der Waals surface area contributed by atoms with Gasteiger partial charge in [-0.15, -0.1) is 10.2 Å². The summed E-state index contributed by atoms with van der Waals surface area (Å²) in [4.78, 5) is 9.38. The Balaban J connectivity index is 1.50. The third-order valence-corrected chi connectivity index (χ3v) is 6.57. The topological polar surface area (TPSA) is 65.4 Å². The van der Waals surface area contributed by atoms with Gasteiger partial charge in [-0.25, -0.2) is 4.98 Å². The van der Waals surface area contributed by atoms with Gasteiger partial charge in [0.2, 0.25) is 5.95 Å². The molecule has 3 aliphatic rings. The lowest BCUT2D eigenvalue weighted by molar-refractivity contribution is -0.137. The number of phenolic OH excluding ortho intramolecular Hbond substituents is 1. The van der Waals surface area contributed by atoms with Gasteiger partial charge in [0.1, 0.15) is 11.4 Å². The van der Waals surface area contributed by atoms with Crippen LogP contribution in [0.1, 0.15) is 42.9 Å². The predicted octanol–water partition coefficient (Wildman–Crippen LogP) is 3.67. The van der Waals surface area contributed by atoms with Gasteiger partial charge in [-0.2, -0.15) is 13.2 Å². The summed E-state index contributed by atoms with van der Waals surface area (Å²) < 4.78 is 38.8. The third kappa shape index (κ3) is 3.49. The number of benzene rings is 1. The zero-order chi connectivity index (χ0) is 21.0. The van der Waals surface area contributed by atoms with Gasteiger partial charge >= 0.3 is 6.18 Å². The Labute approximate surface area is 172 Å². The van der Waals surface area contributed by atoms with Crippen molar-refractivity contribution in [3.05, 3.63) is 29.5 Å². The number of aromatic nitrogens is 3. The van der Waals surface area contributed by atoms with Gasteiger partial charge in [-0.1, -0.05) is 0 Å². The second-order valence-electron chi connectivity index (χ2n) is 8.71. The maximum absolute atomic E-state index is 12.9. The van der Waals surface area contributed by atoms with E-state index in [1.165, 1.54) is 6.07 Å². The highest BCUT2D eigenvalue weighted by molar-refractivity contribution is 5.70. The number of piperidine rings is 1. The Kier molecular flexibility index (Phi) is 4.61. The Morgan fingerprint density at radius 3 is 2.53 bits per heavy atom. The monoisotopic (exact) mass is 419 g/mol. The summed E-state index contributed by atoms with van der Waals surface area (Å²) in [6, 6.07) is 3.33. The van der Waals surface area contributed by atoms with E-state index in [1.807, 2.05) is 0 Å². The number of likely N-dealkylation sites (tertiary alicyclic amines) is 1. The zero-order valence-electron chi connectivity index (χ0n) is 16.7. The number of fused-ring (bicyclic) bond motifs is 1. The molecule has 5 rings (SSSR count). The number of hydrogen-bond donors (Lipinski definition) is 1. The molecular formula is C21H24F3N5O. The van der Waals surface area contributed by atoms with Crippen molar-refractivity contribution in [3.8, 4) is 17.0 Å². The molecule has 1 aromatic carbocycles. The summed E-state index contributed by atoms with van der Waals surface area (Å²) in [6.45, 7) is 2.96. The second-order valence-corrected chi connectivity index (χ2v) is 8.71. The van der Waals surface area contributed by atoms with Crippen LogP contribution in [0.4, 0.5) is 19.1 Å². The molecule has 2 saturated heterocycles. The van der Waals surface area contributed by atoms with Crippen molar-refractivity contribution in [2.45, 2.75) is 43.8 Å². The van der Waals surface area contributed by atoms with E-state index in [0.29, 0.717) is 23.6 Å². The maximum Gasteiger partial charge on any atom is 0.416 e. The van der Waals surface area contributed by atoms with E-state index in [9.17, 15) is 18.3 Å². The van der Waals surface area contributed by atoms with Crippen molar-refractivity contribution in [1.29, 1.82) is 0 Å². The van der Waals surface area contributed by atoms with Crippen LogP contribution in [0.25, 0.3) is 11.3 Å². The lowest BCUT2D eigenvalue weighted by Gasteiger charge is -2.36. The van der Waals surface area contributed by atoms with Gasteiger partial charge in [0.25, 0.3) is 0 Å². The molecule has 1 aliphatic carbocycles. The lowest BCUT2D eigenvalue weighted by atomic mass is 9.92. The molecule has 30 heavy (non-hydrogen) atoms. The van der Waals surface area contributed by atoms with Crippen LogP contribution in [-0.4, -0.2) is 57.9 Å². The Morgan fingerprint density at radius 2 is 1.83 bits per heavy atom. The number of aromatic hydroxyl groups is 1. The molecule has 3 fully saturated rings. The van der Waals surface area contributed by atoms with Gasteiger partial charge < -0.3 is 14.9 Å². The SMILES string of the molecule is CN1CCC2CCN(c3nnc(-c4ccc(C(F)(F)F)cc4O)c(C4CC4)n3)C2C1. The molecule has 9 heteroatoms. The largest absolute Gasteiger partial charge is 0.507 e. The number of alkyl halides is 3. The molecule has 3 heterocycles. The first-order chi connectivity index (χ1) is 14.3. The summed E-state index contributed by atoms with van der Waals surface area (Å²) in [5, 5.41) is 19.0. The lowest BCUT2D eigenvalue weighted by Crippen LogP contribution is -2.47. The minimum atomic E-state index is -4.51. The van der Waals surface area contributed by atoms with E-state index in [4.69, 9.17) is 4.98 Å². The fourth-order valence-electron chi connectivity index (χ4n) is 4.74. The minimum absolute atomic E-state index is 0.211. The molecule has 0 spiro atoms. The van der Waals surface area contributed by atoms with Crippen molar-refractivity contribution in [2.75, 3.05) is 31.6 Å². The number of anilines is 1. The van der Waals surface area contributed by atoms with Crippen molar-refractivity contribution in [2.24, 2.45) is 5.92 Å². The highest BCUT2D eigenvalue weighted by Gasteiger charge is 2.40. The Hall–Kier alpha value is -2.42. The molecular weight excluding hydrogens is 395 g/mol. The van der Waals surface area contributed by atoms with Crippen molar-refractivity contribution in [3.63, 3.8) is 0 Å². The van der Waals surface area contributed by atoms with Gasteiger partial charge in [0.15, 0.2) is 0 Å². The van der Waals surface area contributed by atoms with Crippen LogP contribution >= 0.6 is 0 Å². The van der Waals surface area contributed by atoms with Crippen LogP contribution in [0, 0.1) is 5.92 Å². The van der Waals surface area contributed by atoms with Gasteiger partial charge in [-0.05, 0) is 63.4 Å². The van der Waals surface area contributed by atoms with Gasteiger partial charge in [-0.3, -0.25) is 0 Å². The summed E-state index contributed by atoms with van der Waals surface area (Å²) >= 11 is 0. The van der Waals surface area contributed by atoms with E-state index in [-0.39, 0.29) is 11.5 Å². The fourth-order valence-corrected chi connectivity index (χ4v) is 4.74. The number of hydrogen-bond acceptors (Lipinski definition) is 6. The second kappa shape index (κ2) is 7.08. The van der Waals surface area contributed by atoms with E-state index in [0.717, 1.165) is 63.1 Å². The molecule has 1 saturated carbocycles. The molecule has 1 N–H and O–H groups in total. The van der Waals surface area contributed by atoms with E-state index in [1.54, 1.807) is 0 Å². The highest BCUT2D eigenvalue weighted by atomic mass is 19.4. The summed E-state index contributed by atoms with van der Waals surface area (Å²) in [6.07, 6.45) is -0.314. The average molecular weight is 419 g/mol. The first-order valence-corrected chi connectivity index (χ1v) is 10.4. The summed E-state index contributed by atoms with van der Waals surface area (Å²) in [5.41, 5.74) is 0.457. The third-order valence-electron chi connectivity index (χ3n) is 6.57. The van der Waals surface area contributed by atoms with Gasteiger partial charge in [0, 0.05) is 30.6 Å². The van der Waals surface area contributed by atoms with Gasteiger partial charge in [0.05, 0.1) is 11.3 Å². The molecule has 1 aromatic heterocycles. The summed E-state index contributed by atoms with van der Waals surface area (Å²) in [5.74, 6) is 0.983. The Bertz CT molecular complexity index is 962. The van der Waals surface area contributed by atoms with E-state index in [2.05, 4.69) is 27.0 Å². The number of likely N-dealkylation sites (N-methyl/N-ethyl adjacent to an activating group) is 1. The first-order valence-electron chi connectivity index (χ1n) is 10.4. The predicted molar refractivity (Wildman–Crippen MR) is 105 cm³/mol. The van der Waals surface area contributed by atoms with Crippen molar-refractivity contribution >= 4 is 5.95 Å². The number of halogens is 3. The molecule has 160 valence electrons. The molecule has 2 unspecified atom stereocenters. The maximum atomic E-state index is 12.9. The van der Waals surface area contributed by atoms with E-state index < -0.39 is 17.5 Å². The standard InChI is InChI=1S/C21H24F3N5O/c1-28-8-6-12-7-9-29(16(12)11-28)20-25-18(13-2-3-13)19(26-27-20)15-5-4-14(10-17(15)30)21(22,23)24/h4-5,10,12-13,16,30H,2-3,6-9,11H2,1H3. The fraction of sp³-hybridized carbons (Fsp3) is 0.571. The summed E-state index contributed by atoms with van der Waals surface area (Å²) in [7, 11) is 2.12. The quantitative estimate of drug-likeness (QED) is 0.819.